The molecular formula is C18H16O2S. The molecule has 2 aromatic carbocycles. The van der Waals surface area contributed by atoms with E-state index in [1.54, 1.807) is 25.6 Å². The van der Waals surface area contributed by atoms with Crippen LogP contribution in [0.3, 0.4) is 0 Å². The van der Waals surface area contributed by atoms with E-state index in [0.29, 0.717) is 0 Å². The Morgan fingerprint density at radius 2 is 0.952 bits per heavy atom. The summed E-state index contributed by atoms with van der Waals surface area (Å²) in [6, 6.07) is 20.6. The summed E-state index contributed by atoms with van der Waals surface area (Å²) >= 11 is 1.78. The molecule has 0 aliphatic carbocycles. The van der Waals surface area contributed by atoms with E-state index < -0.39 is 0 Å². The zero-order valence-corrected chi connectivity index (χ0v) is 12.8. The lowest BCUT2D eigenvalue weighted by atomic mass is 10.1. The Kier molecular flexibility index (Phi) is 3.93. The van der Waals surface area contributed by atoms with E-state index in [0.717, 1.165) is 11.5 Å². The van der Waals surface area contributed by atoms with Crippen LogP contribution in [0.2, 0.25) is 0 Å². The van der Waals surface area contributed by atoms with Gasteiger partial charge in [-0.15, -0.1) is 11.3 Å². The molecule has 1 heterocycles. The summed E-state index contributed by atoms with van der Waals surface area (Å²) in [7, 11) is 3.36. The van der Waals surface area contributed by atoms with Crippen LogP contribution in [0.4, 0.5) is 0 Å². The average Bonchev–Trinajstić information content (AvgIpc) is 3.05. The Hall–Kier alpha value is -2.26. The largest absolute Gasteiger partial charge is 0.497 e. The lowest BCUT2D eigenvalue weighted by Gasteiger charge is -2.02. The maximum Gasteiger partial charge on any atom is 0.118 e. The third-order valence-corrected chi connectivity index (χ3v) is 4.54. The lowest BCUT2D eigenvalue weighted by Crippen LogP contribution is -1.81. The molecule has 0 fully saturated rings. The van der Waals surface area contributed by atoms with Gasteiger partial charge in [-0.1, -0.05) is 0 Å². The lowest BCUT2D eigenvalue weighted by molar-refractivity contribution is 0.415. The molecule has 0 atom stereocenters. The van der Waals surface area contributed by atoms with Crippen molar-refractivity contribution in [3.05, 3.63) is 60.7 Å². The van der Waals surface area contributed by atoms with Gasteiger partial charge in [-0.2, -0.15) is 0 Å². The fourth-order valence-corrected chi connectivity index (χ4v) is 3.18. The van der Waals surface area contributed by atoms with E-state index in [2.05, 4.69) is 36.4 Å². The quantitative estimate of drug-likeness (QED) is 0.667. The van der Waals surface area contributed by atoms with Gasteiger partial charge in [0.2, 0.25) is 0 Å². The van der Waals surface area contributed by atoms with Crippen LogP contribution in [0.5, 0.6) is 11.5 Å². The molecule has 0 amide bonds. The minimum Gasteiger partial charge on any atom is -0.497 e. The van der Waals surface area contributed by atoms with Gasteiger partial charge in [-0.3, -0.25) is 0 Å². The Balaban J connectivity index is 1.87. The molecule has 106 valence electrons. The van der Waals surface area contributed by atoms with Crippen LogP contribution < -0.4 is 9.47 Å². The van der Waals surface area contributed by atoms with Crippen LogP contribution in [0, 0.1) is 0 Å². The number of thiophene rings is 1. The standard InChI is InChI=1S/C18H16O2S/c1-19-15-7-3-13(4-8-15)17-11-12-18(21-17)14-5-9-16(20-2)10-6-14/h3-12H,1-2H3. The van der Waals surface area contributed by atoms with E-state index in [4.69, 9.17) is 9.47 Å². The molecule has 0 unspecified atom stereocenters. The van der Waals surface area contributed by atoms with Crippen LogP contribution in [-0.4, -0.2) is 14.2 Å². The second kappa shape index (κ2) is 6.02. The van der Waals surface area contributed by atoms with Crippen molar-refractivity contribution in [2.45, 2.75) is 0 Å². The van der Waals surface area contributed by atoms with Crippen molar-refractivity contribution in [1.29, 1.82) is 0 Å². The third kappa shape index (κ3) is 2.93. The summed E-state index contributed by atoms with van der Waals surface area (Å²) in [6.07, 6.45) is 0. The molecule has 0 saturated heterocycles. The van der Waals surface area contributed by atoms with Crippen molar-refractivity contribution in [3.63, 3.8) is 0 Å². The molecule has 0 aliphatic rings. The fourth-order valence-electron chi connectivity index (χ4n) is 2.16. The number of ether oxygens (including phenoxy) is 2. The molecule has 0 saturated carbocycles. The second-order valence-corrected chi connectivity index (χ2v) is 5.70. The molecule has 3 heteroatoms. The van der Waals surface area contributed by atoms with Gasteiger partial charge in [0.1, 0.15) is 11.5 Å². The Morgan fingerprint density at radius 1 is 0.571 bits per heavy atom. The highest BCUT2D eigenvalue weighted by Gasteiger charge is 2.05. The molecule has 3 rings (SSSR count). The molecule has 0 aliphatic heterocycles. The number of benzene rings is 2. The zero-order valence-electron chi connectivity index (χ0n) is 12.0. The summed E-state index contributed by atoms with van der Waals surface area (Å²) in [5, 5.41) is 0. The molecule has 0 bridgehead atoms. The Morgan fingerprint density at radius 3 is 1.29 bits per heavy atom. The predicted molar refractivity (Wildman–Crippen MR) is 88.3 cm³/mol. The Bertz CT molecular complexity index is 650. The second-order valence-electron chi connectivity index (χ2n) is 4.62. The summed E-state index contributed by atoms with van der Waals surface area (Å²) in [5.41, 5.74) is 2.42. The van der Waals surface area contributed by atoms with E-state index in [1.807, 2.05) is 24.3 Å². The monoisotopic (exact) mass is 296 g/mol. The SMILES string of the molecule is COc1ccc(-c2ccc(-c3ccc(OC)cc3)s2)cc1. The minimum absolute atomic E-state index is 0.880. The summed E-state index contributed by atoms with van der Waals surface area (Å²) in [6.45, 7) is 0. The molecule has 0 spiro atoms. The van der Waals surface area contributed by atoms with Gasteiger partial charge >= 0.3 is 0 Å². The van der Waals surface area contributed by atoms with E-state index in [1.165, 1.54) is 20.9 Å². The van der Waals surface area contributed by atoms with Crippen LogP contribution in [0.15, 0.2) is 60.7 Å². The summed E-state index contributed by atoms with van der Waals surface area (Å²) < 4.78 is 10.4. The van der Waals surface area contributed by atoms with Gasteiger partial charge in [0.05, 0.1) is 14.2 Å². The van der Waals surface area contributed by atoms with E-state index in [9.17, 15) is 0 Å². The smallest absolute Gasteiger partial charge is 0.118 e. The molecular weight excluding hydrogens is 280 g/mol. The maximum atomic E-state index is 5.19. The van der Waals surface area contributed by atoms with E-state index in [-0.39, 0.29) is 0 Å². The molecule has 1 aromatic heterocycles. The normalized spacial score (nSPS) is 10.4. The molecule has 0 N–H and O–H groups in total. The third-order valence-electron chi connectivity index (χ3n) is 3.36. The van der Waals surface area contributed by atoms with Crippen molar-refractivity contribution in [1.82, 2.24) is 0 Å². The molecule has 3 aromatic rings. The first kappa shape index (κ1) is 13.7. The number of methoxy groups -OCH3 is 2. The van der Waals surface area contributed by atoms with Crippen molar-refractivity contribution in [3.8, 4) is 32.4 Å². The van der Waals surface area contributed by atoms with Crippen molar-refractivity contribution in [2.24, 2.45) is 0 Å². The highest BCUT2D eigenvalue weighted by Crippen LogP contribution is 2.35. The van der Waals surface area contributed by atoms with Gasteiger partial charge in [0.25, 0.3) is 0 Å². The van der Waals surface area contributed by atoms with Gasteiger partial charge < -0.3 is 9.47 Å². The van der Waals surface area contributed by atoms with Crippen LogP contribution in [0.1, 0.15) is 0 Å². The molecule has 0 radical (unpaired) electrons. The predicted octanol–water partition coefficient (Wildman–Crippen LogP) is 5.10. The van der Waals surface area contributed by atoms with Gasteiger partial charge in [-0.05, 0) is 71.8 Å². The van der Waals surface area contributed by atoms with Crippen molar-refractivity contribution < 1.29 is 9.47 Å². The van der Waals surface area contributed by atoms with Gasteiger partial charge in [0, 0.05) is 9.75 Å². The van der Waals surface area contributed by atoms with Crippen molar-refractivity contribution in [2.75, 3.05) is 14.2 Å². The van der Waals surface area contributed by atoms with Crippen LogP contribution in [-0.2, 0) is 0 Å². The van der Waals surface area contributed by atoms with Crippen molar-refractivity contribution >= 4 is 11.3 Å². The number of hydrogen-bond acceptors (Lipinski definition) is 3. The van der Waals surface area contributed by atoms with E-state index >= 15 is 0 Å². The van der Waals surface area contributed by atoms with Crippen LogP contribution >= 0.6 is 11.3 Å². The van der Waals surface area contributed by atoms with Gasteiger partial charge in [0.15, 0.2) is 0 Å². The first-order chi connectivity index (χ1) is 10.3. The highest BCUT2D eigenvalue weighted by molar-refractivity contribution is 7.18. The first-order valence-corrected chi connectivity index (χ1v) is 7.50. The van der Waals surface area contributed by atoms with Crippen LogP contribution in [0.25, 0.3) is 20.9 Å². The first-order valence-electron chi connectivity index (χ1n) is 6.69. The minimum atomic E-state index is 0.880. The Labute approximate surface area is 128 Å². The van der Waals surface area contributed by atoms with Gasteiger partial charge in [-0.25, -0.2) is 0 Å². The zero-order chi connectivity index (χ0) is 14.7. The number of hydrogen-bond donors (Lipinski definition) is 0. The summed E-state index contributed by atoms with van der Waals surface area (Å²) in [4.78, 5) is 2.51. The number of rotatable bonds is 4. The maximum absolute atomic E-state index is 5.19. The molecule has 2 nitrogen and oxygen atoms in total. The topological polar surface area (TPSA) is 18.5 Å². The summed E-state index contributed by atoms with van der Waals surface area (Å²) in [5.74, 6) is 1.76. The fraction of sp³-hybridized carbons (Fsp3) is 0.111. The highest BCUT2D eigenvalue weighted by atomic mass is 32.1. The average molecular weight is 296 g/mol. The molecule has 21 heavy (non-hydrogen) atoms.